The fraction of sp³-hybridized carbons (Fsp3) is 0.611. The molecule has 0 radical (unpaired) electrons. The predicted molar refractivity (Wildman–Crippen MR) is 82.6 cm³/mol. The molecule has 0 bridgehead atoms. The predicted octanol–water partition coefficient (Wildman–Crippen LogP) is 1.11. The maximum atomic E-state index is 12.1. The van der Waals surface area contributed by atoms with Crippen molar-refractivity contribution in [2.24, 2.45) is 0 Å². The van der Waals surface area contributed by atoms with E-state index < -0.39 is 5.60 Å². The number of likely N-dealkylation sites (tertiary alicyclic amines) is 1. The Hall–Kier alpha value is -1.37. The number of rotatable bonds is 4. The van der Waals surface area contributed by atoms with Gasteiger partial charge in [0.2, 0.25) is 0 Å². The van der Waals surface area contributed by atoms with Gasteiger partial charge in [0.05, 0.1) is 6.54 Å². The van der Waals surface area contributed by atoms with Crippen molar-refractivity contribution in [2.75, 3.05) is 13.1 Å². The molecule has 0 aromatic carbocycles. The summed E-state index contributed by atoms with van der Waals surface area (Å²) < 4.78 is 0. The molecule has 1 aromatic heterocycles. The second kappa shape index (κ2) is 7.59. The van der Waals surface area contributed by atoms with Crippen LogP contribution in [0.3, 0.4) is 0 Å². The maximum absolute atomic E-state index is 12.1. The van der Waals surface area contributed by atoms with E-state index in [-0.39, 0.29) is 0 Å². The van der Waals surface area contributed by atoms with Gasteiger partial charge in [-0.15, -0.1) is 5.92 Å². The fourth-order valence-corrected chi connectivity index (χ4v) is 3.16. The Morgan fingerprint density at radius 1 is 1.48 bits per heavy atom. The third-order valence-electron chi connectivity index (χ3n) is 4.22. The zero-order valence-corrected chi connectivity index (χ0v) is 13.2. The highest BCUT2D eigenvalue weighted by Gasteiger charge is 2.26. The quantitative estimate of drug-likeness (QED) is 0.843. The first-order valence-corrected chi connectivity index (χ1v) is 8.07. The number of hydrogen-bond acceptors (Lipinski definition) is 2. The van der Waals surface area contributed by atoms with E-state index >= 15 is 0 Å². The van der Waals surface area contributed by atoms with Crippen molar-refractivity contribution in [1.29, 1.82) is 0 Å². The van der Waals surface area contributed by atoms with Crippen LogP contribution in [0.25, 0.3) is 0 Å². The molecule has 3 atom stereocenters. The van der Waals surface area contributed by atoms with Crippen molar-refractivity contribution in [3.05, 3.63) is 30.1 Å². The highest BCUT2D eigenvalue weighted by Crippen LogP contribution is 2.18. The molecule has 21 heavy (non-hydrogen) atoms. The van der Waals surface area contributed by atoms with Gasteiger partial charge in [0.1, 0.15) is 12.6 Å². The van der Waals surface area contributed by atoms with Gasteiger partial charge in [-0.3, -0.25) is 4.98 Å². The number of aromatic nitrogens is 1. The van der Waals surface area contributed by atoms with Gasteiger partial charge in [-0.1, -0.05) is 38.4 Å². The van der Waals surface area contributed by atoms with Crippen molar-refractivity contribution in [1.82, 2.24) is 4.98 Å². The summed E-state index contributed by atoms with van der Waals surface area (Å²) in [5.41, 5.74) is 0.209. The van der Waals surface area contributed by atoms with Crippen LogP contribution in [0.2, 0.25) is 0 Å². The van der Waals surface area contributed by atoms with Gasteiger partial charge in [-0.25, -0.2) is 0 Å². The molecule has 2 rings (SSSR count). The molecule has 1 saturated heterocycles. The zero-order valence-electron chi connectivity index (χ0n) is 13.2. The van der Waals surface area contributed by atoms with E-state index in [9.17, 15) is 5.11 Å². The Balaban J connectivity index is 2.02. The zero-order chi connectivity index (χ0) is 15.1. The van der Waals surface area contributed by atoms with Crippen molar-refractivity contribution in [3.8, 4) is 11.8 Å². The summed E-state index contributed by atoms with van der Waals surface area (Å²) in [6.45, 7) is 5.64. The number of quaternary nitrogens is 1. The molecule has 0 spiro atoms. The lowest BCUT2D eigenvalue weighted by atomic mass is 9.96. The molecule has 3 nitrogen and oxygen atoms in total. The van der Waals surface area contributed by atoms with Gasteiger partial charge in [0.15, 0.2) is 0 Å². The second-order valence-electron chi connectivity index (χ2n) is 6.20. The number of hydrogen-bond donors (Lipinski definition) is 1. The van der Waals surface area contributed by atoms with Crippen molar-refractivity contribution in [2.45, 2.75) is 57.6 Å². The summed E-state index contributed by atoms with van der Waals surface area (Å²) in [6.07, 6.45) is 9.01. The van der Waals surface area contributed by atoms with Gasteiger partial charge in [-0.2, -0.15) is 0 Å². The van der Waals surface area contributed by atoms with E-state index in [2.05, 4.69) is 22.9 Å². The van der Waals surface area contributed by atoms with Crippen molar-refractivity contribution in [3.63, 3.8) is 0 Å². The first-order chi connectivity index (χ1) is 10.1. The molecule has 1 aliphatic rings. The molecule has 0 amide bonds. The van der Waals surface area contributed by atoms with Crippen LogP contribution in [-0.4, -0.2) is 23.7 Å². The molecule has 3 unspecified atom stereocenters. The molecule has 1 aliphatic heterocycles. The van der Waals surface area contributed by atoms with Crippen LogP contribution in [-0.2, 0) is 0 Å². The van der Waals surface area contributed by atoms with Crippen LogP contribution in [0.15, 0.2) is 24.5 Å². The Labute approximate surface area is 128 Å². The Morgan fingerprint density at radius 2 is 2.33 bits per heavy atom. The number of nitrogens with one attached hydrogen (secondary N) is 1. The van der Waals surface area contributed by atoms with Crippen LogP contribution < -0.4 is 10.0 Å². The second-order valence-corrected chi connectivity index (χ2v) is 6.20. The van der Waals surface area contributed by atoms with Gasteiger partial charge >= 0.3 is 0 Å². The minimum Gasteiger partial charge on any atom is -0.840 e. The molecule has 1 N–H and O–H groups in total. The monoisotopic (exact) mass is 286 g/mol. The number of piperidine rings is 1. The average Bonchev–Trinajstić information content (AvgIpc) is 2.48. The van der Waals surface area contributed by atoms with Gasteiger partial charge in [0.25, 0.3) is 0 Å². The summed E-state index contributed by atoms with van der Waals surface area (Å²) in [5.74, 6) is 6.10. The van der Waals surface area contributed by atoms with E-state index in [1.807, 2.05) is 25.4 Å². The highest BCUT2D eigenvalue weighted by molar-refractivity contribution is 5.13. The molecule has 2 heterocycles. The standard InChI is InChI=1S/C18H25N2O/c1-3-10-18(2,21)11-7-14-20-13-5-4-9-17(20)16-8-6-12-19-15-16/h6,8,12,15,17H,3-5,9-10,13-14H2,1-2H3/q-1/p+1. The van der Waals surface area contributed by atoms with E-state index in [1.165, 1.54) is 29.7 Å². The van der Waals surface area contributed by atoms with Crippen molar-refractivity contribution < 1.29 is 10.0 Å². The van der Waals surface area contributed by atoms with Crippen LogP contribution in [0, 0.1) is 11.8 Å². The van der Waals surface area contributed by atoms with Gasteiger partial charge < -0.3 is 10.0 Å². The molecule has 0 aliphatic carbocycles. The molecule has 3 heteroatoms. The topological polar surface area (TPSA) is 40.4 Å². The fourth-order valence-electron chi connectivity index (χ4n) is 3.16. The van der Waals surface area contributed by atoms with Crippen LogP contribution in [0.1, 0.15) is 57.6 Å². The Morgan fingerprint density at radius 3 is 3.05 bits per heavy atom. The summed E-state index contributed by atoms with van der Waals surface area (Å²) in [6, 6.07) is 4.64. The molecule has 1 fully saturated rings. The van der Waals surface area contributed by atoms with Crippen LogP contribution in [0.5, 0.6) is 0 Å². The minimum absolute atomic E-state index is 0.478. The molecule has 114 valence electrons. The van der Waals surface area contributed by atoms with E-state index in [0.29, 0.717) is 12.5 Å². The maximum Gasteiger partial charge on any atom is 0.139 e. The van der Waals surface area contributed by atoms with E-state index in [4.69, 9.17) is 0 Å². The summed E-state index contributed by atoms with van der Waals surface area (Å²) in [4.78, 5) is 5.72. The van der Waals surface area contributed by atoms with E-state index in [1.54, 1.807) is 6.92 Å². The third-order valence-corrected chi connectivity index (χ3v) is 4.22. The smallest absolute Gasteiger partial charge is 0.139 e. The van der Waals surface area contributed by atoms with Gasteiger partial charge in [0, 0.05) is 24.4 Å². The molecule has 0 saturated carbocycles. The highest BCUT2D eigenvalue weighted by atomic mass is 16.3. The molecule has 1 aromatic rings. The molecular weight excluding hydrogens is 260 g/mol. The number of nitrogens with zero attached hydrogens (tertiary/aromatic N) is 1. The summed E-state index contributed by atoms with van der Waals surface area (Å²) in [5, 5.41) is 12.1. The lowest BCUT2D eigenvalue weighted by Gasteiger charge is -2.32. The number of pyridine rings is 1. The minimum atomic E-state index is -1.09. The first-order valence-electron chi connectivity index (χ1n) is 8.07. The van der Waals surface area contributed by atoms with Crippen LogP contribution >= 0.6 is 0 Å². The summed E-state index contributed by atoms with van der Waals surface area (Å²) in [7, 11) is 0. The first kappa shape index (κ1) is 16.0. The normalized spacial score (nSPS) is 24.7. The SMILES string of the molecule is CCCC(C)([O-])C#CC[NH+]1CCCCC1c1cccnc1. The molecular formula is C18H26N2O. The lowest BCUT2D eigenvalue weighted by molar-refractivity contribution is -0.930. The lowest BCUT2D eigenvalue weighted by Crippen LogP contribution is -3.13. The van der Waals surface area contributed by atoms with Crippen LogP contribution in [0.4, 0.5) is 0 Å². The van der Waals surface area contributed by atoms with Gasteiger partial charge in [-0.05, 0) is 24.8 Å². The largest absolute Gasteiger partial charge is 0.840 e. The van der Waals surface area contributed by atoms with E-state index in [0.717, 1.165) is 19.5 Å². The average molecular weight is 286 g/mol. The van der Waals surface area contributed by atoms with Crippen molar-refractivity contribution >= 4 is 0 Å². The third kappa shape index (κ3) is 4.84. The Bertz CT molecular complexity index is 487. The Kier molecular flexibility index (Phi) is 5.78. The summed E-state index contributed by atoms with van der Waals surface area (Å²) >= 11 is 0.